The lowest BCUT2D eigenvalue weighted by Crippen LogP contribution is -2.43. The van der Waals surface area contributed by atoms with Crippen LogP contribution in [0.4, 0.5) is 0 Å². The van der Waals surface area contributed by atoms with Crippen molar-refractivity contribution in [2.24, 2.45) is 5.92 Å². The molecule has 1 aromatic heterocycles. The molecule has 0 bridgehead atoms. The maximum absolute atomic E-state index is 12.0. The molecule has 0 aromatic carbocycles. The van der Waals surface area contributed by atoms with E-state index < -0.39 is 11.9 Å². The summed E-state index contributed by atoms with van der Waals surface area (Å²) in [5.74, 6) is -0.568. The molecule has 118 valence electrons. The number of ether oxygens (including phenoxy) is 1. The van der Waals surface area contributed by atoms with Crippen LogP contribution in [0.25, 0.3) is 0 Å². The van der Waals surface area contributed by atoms with Gasteiger partial charge in [-0.25, -0.2) is 4.79 Å². The standard InChI is InChI=1S/C13H20N2O6/c1-10-7-12(16)15(20-10)9-11(13(17)21-18-2)8-14-3-5-19-6-4-14/h7,11H,3-6,8-9H2,1-2H3. The summed E-state index contributed by atoms with van der Waals surface area (Å²) < 4.78 is 11.7. The lowest BCUT2D eigenvalue weighted by atomic mass is 10.1. The Morgan fingerprint density at radius 2 is 2.10 bits per heavy atom. The van der Waals surface area contributed by atoms with Crippen molar-refractivity contribution in [1.82, 2.24) is 9.64 Å². The minimum absolute atomic E-state index is 0.117. The van der Waals surface area contributed by atoms with Crippen LogP contribution in [0.15, 0.2) is 15.4 Å². The molecule has 0 aliphatic carbocycles. The minimum atomic E-state index is -0.550. The number of carbonyl (C=O) groups excluding carboxylic acids is 1. The Morgan fingerprint density at radius 1 is 1.38 bits per heavy atom. The Balaban J connectivity index is 2.05. The maximum atomic E-state index is 12.0. The first-order chi connectivity index (χ1) is 10.1. The molecule has 21 heavy (non-hydrogen) atoms. The number of hydrogen-bond acceptors (Lipinski definition) is 7. The van der Waals surface area contributed by atoms with Crippen LogP contribution in [0.2, 0.25) is 0 Å². The second-order valence-corrected chi connectivity index (χ2v) is 4.92. The number of aromatic nitrogens is 1. The molecule has 0 amide bonds. The van der Waals surface area contributed by atoms with E-state index in [2.05, 4.69) is 14.7 Å². The van der Waals surface area contributed by atoms with Crippen molar-refractivity contribution < 1.29 is 23.8 Å². The molecule has 2 rings (SSSR count). The Morgan fingerprint density at radius 3 is 2.67 bits per heavy atom. The average Bonchev–Trinajstić information content (AvgIpc) is 2.77. The first kappa shape index (κ1) is 15.7. The molecule has 8 nitrogen and oxygen atoms in total. The Hall–Kier alpha value is -1.64. The summed E-state index contributed by atoms with van der Waals surface area (Å²) in [4.78, 5) is 34.8. The third-order valence-corrected chi connectivity index (χ3v) is 3.29. The molecular formula is C13H20N2O6. The van der Waals surface area contributed by atoms with Gasteiger partial charge in [0.2, 0.25) is 0 Å². The quantitative estimate of drug-likeness (QED) is 0.531. The number of rotatable bonds is 6. The van der Waals surface area contributed by atoms with Gasteiger partial charge in [-0.05, 0) is 6.92 Å². The third-order valence-electron chi connectivity index (χ3n) is 3.29. The molecule has 0 spiro atoms. The predicted octanol–water partition coefficient (Wildman–Crippen LogP) is -0.197. The monoisotopic (exact) mass is 300 g/mol. The predicted molar refractivity (Wildman–Crippen MR) is 71.6 cm³/mol. The lowest BCUT2D eigenvalue weighted by molar-refractivity contribution is -0.260. The second-order valence-electron chi connectivity index (χ2n) is 4.92. The van der Waals surface area contributed by atoms with Crippen LogP contribution in [0.5, 0.6) is 0 Å². The molecule has 0 radical (unpaired) electrons. The average molecular weight is 300 g/mol. The maximum Gasteiger partial charge on any atom is 0.348 e. The van der Waals surface area contributed by atoms with Gasteiger partial charge in [-0.3, -0.25) is 14.6 Å². The minimum Gasteiger partial charge on any atom is -0.381 e. The molecule has 1 saturated heterocycles. The Kier molecular flexibility index (Phi) is 5.54. The van der Waals surface area contributed by atoms with E-state index in [9.17, 15) is 9.59 Å². The summed E-state index contributed by atoms with van der Waals surface area (Å²) in [5.41, 5.74) is -0.273. The van der Waals surface area contributed by atoms with E-state index in [0.29, 0.717) is 25.5 Å². The van der Waals surface area contributed by atoms with Crippen LogP contribution < -0.4 is 5.56 Å². The van der Waals surface area contributed by atoms with E-state index in [1.54, 1.807) is 6.92 Å². The summed E-state index contributed by atoms with van der Waals surface area (Å²) >= 11 is 0. The van der Waals surface area contributed by atoms with Crippen LogP contribution in [0.1, 0.15) is 5.76 Å². The van der Waals surface area contributed by atoms with E-state index in [4.69, 9.17) is 9.26 Å². The smallest absolute Gasteiger partial charge is 0.348 e. The largest absolute Gasteiger partial charge is 0.381 e. The highest BCUT2D eigenvalue weighted by atomic mass is 17.2. The van der Waals surface area contributed by atoms with Crippen LogP contribution in [-0.4, -0.2) is 55.6 Å². The molecular weight excluding hydrogens is 280 g/mol. The SMILES string of the molecule is COOC(=O)C(CN1CCOCC1)Cn1oc(C)cc1=O. The number of hydrogen-bond donors (Lipinski definition) is 0. The third kappa shape index (κ3) is 4.42. The van der Waals surface area contributed by atoms with Crippen molar-refractivity contribution in [3.8, 4) is 0 Å². The number of nitrogens with zero attached hydrogens (tertiary/aromatic N) is 2. The first-order valence-corrected chi connectivity index (χ1v) is 6.82. The zero-order valence-electron chi connectivity index (χ0n) is 12.2. The van der Waals surface area contributed by atoms with Gasteiger partial charge < -0.3 is 9.26 Å². The highest BCUT2D eigenvalue weighted by Crippen LogP contribution is 2.09. The Bertz CT molecular complexity index is 517. The van der Waals surface area contributed by atoms with Gasteiger partial charge in [0.05, 0.1) is 32.8 Å². The van der Waals surface area contributed by atoms with Crippen LogP contribution in [0.3, 0.4) is 0 Å². The molecule has 1 aliphatic rings. The van der Waals surface area contributed by atoms with E-state index in [1.807, 2.05) is 0 Å². The van der Waals surface area contributed by atoms with Crippen molar-refractivity contribution in [2.75, 3.05) is 40.0 Å². The fourth-order valence-corrected chi connectivity index (χ4v) is 2.27. The normalized spacial score (nSPS) is 17.6. The van der Waals surface area contributed by atoms with E-state index >= 15 is 0 Å². The zero-order chi connectivity index (χ0) is 15.2. The van der Waals surface area contributed by atoms with Gasteiger partial charge in [0.15, 0.2) is 0 Å². The van der Waals surface area contributed by atoms with Gasteiger partial charge >= 0.3 is 5.97 Å². The summed E-state index contributed by atoms with van der Waals surface area (Å²) in [6.45, 7) is 5.00. The molecule has 0 saturated carbocycles. The van der Waals surface area contributed by atoms with Gasteiger partial charge in [0.25, 0.3) is 5.56 Å². The number of aryl methyl sites for hydroxylation is 1. The van der Waals surface area contributed by atoms with Crippen molar-refractivity contribution in [2.45, 2.75) is 13.5 Å². The summed E-state index contributed by atoms with van der Waals surface area (Å²) in [7, 11) is 1.27. The first-order valence-electron chi connectivity index (χ1n) is 6.82. The van der Waals surface area contributed by atoms with Gasteiger partial charge in [-0.1, -0.05) is 0 Å². The van der Waals surface area contributed by atoms with Crippen molar-refractivity contribution in [3.63, 3.8) is 0 Å². The molecule has 1 fully saturated rings. The fraction of sp³-hybridized carbons (Fsp3) is 0.692. The van der Waals surface area contributed by atoms with Crippen molar-refractivity contribution in [3.05, 3.63) is 22.2 Å². The van der Waals surface area contributed by atoms with Gasteiger partial charge in [0, 0.05) is 25.7 Å². The molecule has 1 aliphatic heterocycles. The van der Waals surface area contributed by atoms with Crippen LogP contribution in [-0.2, 0) is 25.9 Å². The molecule has 2 heterocycles. The van der Waals surface area contributed by atoms with Crippen LogP contribution in [0, 0.1) is 12.8 Å². The summed E-state index contributed by atoms with van der Waals surface area (Å²) in [5, 5.41) is 0. The highest BCUT2D eigenvalue weighted by Gasteiger charge is 2.27. The summed E-state index contributed by atoms with van der Waals surface area (Å²) in [6, 6.07) is 1.38. The lowest BCUT2D eigenvalue weighted by Gasteiger charge is -2.29. The van der Waals surface area contributed by atoms with Gasteiger partial charge in [0.1, 0.15) is 5.76 Å². The zero-order valence-corrected chi connectivity index (χ0v) is 12.2. The molecule has 8 heteroatoms. The number of carbonyl (C=O) groups is 1. The molecule has 0 N–H and O–H groups in total. The van der Waals surface area contributed by atoms with E-state index in [0.717, 1.165) is 17.8 Å². The van der Waals surface area contributed by atoms with Crippen molar-refractivity contribution >= 4 is 5.97 Å². The molecule has 1 aromatic rings. The topological polar surface area (TPSA) is 83.1 Å². The van der Waals surface area contributed by atoms with Crippen LogP contribution >= 0.6 is 0 Å². The van der Waals surface area contributed by atoms with Gasteiger partial charge in [-0.2, -0.15) is 9.63 Å². The van der Waals surface area contributed by atoms with Gasteiger partial charge in [-0.15, -0.1) is 0 Å². The highest BCUT2D eigenvalue weighted by molar-refractivity contribution is 5.72. The van der Waals surface area contributed by atoms with E-state index in [-0.39, 0.29) is 12.1 Å². The van der Waals surface area contributed by atoms with E-state index in [1.165, 1.54) is 13.2 Å². The summed E-state index contributed by atoms with van der Waals surface area (Å²) in [6.07, 6.45) is 0. The molecule has 1 atom stereocenters. The van der Waals surface area contributed by atoms with Crippen molar-refractivity contribution in [1.29, 1.82) is 0 Å². The Labute approximate surface area is 122 Å². The number of morpholine rings is 1. The fourth-order valence-electron chi connectivity index (χ4n) is 2.27. The molecule has 1 unspecified atom stereocenters. The second kappa shape index (κ2) is 7.39.